The Labute approximate surface area is 165 Å². The number of nitro groups is 1. The van der Waals surface area contributed by atoms with E-state index in [4.69, 9.17) is 0 Å². The third-order valence-electron chi connectivity index (χ3n) is 5.18. The van der Waals surface area contributed by atoms with Gasteiger partial charge in [0.1, 0.15) is 0 Å². The van der Waals surface area contributed by atoms with Gasteiger partial charge in [0, 0.05) is 29.5 Å². The van der Waals surface area contributed by atoms with Crippen molar-refractivity contribution >= 4 is 23.4 Å². The summed E-state index contributed by atoms with van der Waals surface area (Å²) in [6.45, 7) is 11.3. The van der Waals surface area contributed by atoms with Crippen LogP contribution in [-0.2, 0) is 0 Å². The SMILES string of the molecule is CC1CC(C)(C)N(C(C)C)c2ccc(/C=N/Nc3ncccc3[N+](=O)[O-])cc21. The molecule has 0 spiro atoms. The maximum atomic E-state index is 11.1. The summed E-state index contributed by atoms with van der Waals surface area (Å²) < 4.78 is 0. The largest absolute Gasteiger partial charge is 0.364 e. The topological polar surface area (TPSA) is 83.7 Å². The first-order chi connectivity index (χ1) is 13.2. The number of rotatable bonds is 5. The molecule has 2 aromatic rings. The van der Waals surface area contributed by atoms with Crippen LogP contribution in [0.15, 0.2) is 41.6 Å². The molecule has 3 rings (SSSR count). The van der Waals surface area contributed by atoms with Crippen LogP contribution in [0.1, 0.15) is 58.1 Å². The Morgan fingerprint density at radius 2 is 2.14 bits per heavy atom. The summed E-state index contributed by atoms with van der Waals surface area (Å²) in [6, 6.07) is 9.67. The molecule has 0 bridgehead atoms. The van der Waals surface area contributed by atoms with Crippen LogP contribution >= 0.6 is 0 Å². The van der Waals surface area contributed by atoms with Crippen molar-refractivity contribution in [3.8, 4) is 0 Å². The van der Waals surface area contributed by atoms with E-state index in [2.05, 4.69) is 67.2 Å². The van der Waals surface area contributed by atoms with Gasteiger partial charge in [-0.3, -0.25) is 15.5 Å². The fourth-order valence-electron chi connectivity index (χ4n) is 4.33. The number of pyridine rings is 1. The first-order valence-electron chi connectivity index (χ1n) is 9.52. The molecule has 7 nitrogen and oxygen atoms in total. The third kappa shape index (κ3) is 3.83. The van der Waals surface area contributed by atoms with Crippen molar-refractivity contribution in [3.63, 3.8) is 0 Å². The van der Waals surface area contributed by atoms with E-state index in [-0.39, 0.29) is 17.0 Å². The van der Waals surface area contributed by atoms with Crippen molar-refractivity contribution in [3.05, 3.63) is 57.8 Å². The molecule has 0 radical (unpaired) electrons. The second-order valence-electron chi connectivity index (χ2n) is 8.20. The first kappa shape index (κ1) is 19.8. The molecular formula is C21H27N5O2. The fourth-order valence-corrected chi connectivity index (χ4v) is 4.33. The Morgan fingerprint density at radius 3 is 2.82 bits per heavy atom. The van der Waals surface area contributed by atoms with Gasteiger partial charge >= 0.3 is 5.69 Å². The molecule has 0 amide bonds. The molecule has 1 N–H and O–H groups in total. The molecule has 1 aliphatic rings. The molecular weight excluding hydrogens is 354 g/mol. The van der Waals surface area contributed by atoms with E-state index in [0.29, 0.717) is 12.0 Å². The molecule has 1 unspecified atom stereocenters. The van der Waals surface area contributed by atoms with Gasteiger partial charge in [0.2, 0.25) is 5.82 Å². The second-order valence-corrected chi connectivity index (χ2v) is 8.20. The van der Waals surface area contributed by atoms with Gasteiger partial charge in [-0.05, 0) is 69.4 Å². The molecule has 0 aliphatic carbocycles. The minimum atomic E-state index is -0.478. The zero-order chi connectivity index (χ0) is 20.5. The molecule has 1 aliphatic heterocycles. The third-order valence-corrected chi connectivity index (χ3v) is 5.18. The lowest BCUT2D eigenvalue weighted by atomic mass is 9.79. The highest BCUT2D eigenvalue weighted by molar-refractivity contribution is 5.82. The van der Waals surface area contributed by atoms with E-state index in [1.54, 1.807) is 6.21 Å². The highest BCUT2D eigenvalue weighted by atomic mass is 16.6. The van der Waals surface area contributed by atoms with Crippen LogP contribution in [0, 0.1) is 10.1 Å². The zero-order valence-electron chi connectivity index (χ0n) is 17.0. The second kappa shape index (κ2) is 7.58. The van der Waals surface area contributed by atoms with Gasteiger partial charge in [-0.15, -0.1) is 0 Å². The Balaban J connectivity index is 1.86. The van der Waals surface area contributed by atoms with E-state index in [1.165, 1.54) is 29.6 Å². The van der Waals surface area contributed by atoms with Crippen LogP contribution in [0.2, 0.25) is 0 Å². The molecule has 28 heavy (non-hydrogen) atoms. The molecule has 1 atom stereocenters. The number of hydrogen-bond acceptors (Lipinski definition) is 6. The molecule has 1 aromatic carbocycles. The summed E-state index contributed by atoms with van der Waals surface area (Å²) in [7, 11) is 0. The Kier molecular flexibility index (Phi) is 5.36. The number of benzene rings is 1. The number of aromatic nitrogens is 1. The Bertz CT molecular complexity index is 907. The maximum absolute atomic E-state index is 11.1. The summed E-state index contributed by atoms with van der Waals surface area (Å²) in [5.74, 6) is 0.570. The quantitative estimate of drug-likeness (QED) is 0.451. The van der Waals surface area contributed by atoms with Crippen LogP contribution in [0.4, 0.5) is 17.2 Å². The molecule has 1 aromatic heterocycles. The lowest BCUT2D eigenvalue weighted by Crippen LogP contribution is -2.51. The van der Waals surface area contributed by atoms with Crippen LogP contribution in [-0.4, -0.2) is 27.7 Å². The lowest BCUT2D eigenvalue weighted by Gasteiger charge is -2.50. The summed E-state index contributed by atoms with van der Waals surface area (Å²) >= 11 is 0. The Hall–Kier alpha value is -2.96. The van der Waals surface area contributed by atoms with Crippen molar-refractivity contribution < 1.29 is 4.92 Å². The van der Waals surface area contributed by atoms with Gasteiger partial charge < -0.3 is 4.90 Å². The minimum absolute atomic E-state index is 0.103. The number of hydrazone groups is 1. The molecule has 148 valence electrons. The van der Waals surface area contributed by atoms with Crippen LogP contribution in [0.25, 0.3) is 0 Å². The normalized spacial score (nSPS) is 18.4. The van der Waals surface area contributed by atoms with Gasteiger partial charge in [0.05, 0.1) is 11.1 Å². The van der Waals surface area contributed by atoms with Crippen molar-refractivity contribution in [2.75, 3.05) is 10.3 Å². The highest BCUT2D eigenvalue weighted by Gasteiger charge is 2.37. The van der Waals surface area contributed by atoms with Crippen LogP contribution in [0.3, 0.4) is 0 Å². The predicted octanol–water partition coefficient (Wildman–Crippen LogP) is 4.94. The molecule has 0 saturated carbocycles. The maximum Gasteiger partial charge on any atom is 0.313 e. The predicted molar refractivity (Wildman–Crippen MR) is 113 cm³/mol. The summed E-state index contributed by atoms with van der Waals surface area (Å²) in [6.07, 6.45) is 4.25. The molecule has 7 heteroatoms. The summed E-state index contributed by atoms with van der Waals surface area (Å²) in [5, 5.41) is 15.2. The number of fused-ring (bicyclic) bond motifs is 1. The van der Waals surface area contributed by atoms with Gasteiger partial charge in [-0.1, -0.05) is 13.0 Å². The monoisotopic (exact) mass is 381 g/mol. The lowest BCUT2D eigenvalue weighted by molar-refractivity contribution is -0.384. The standard InChI is InChI=1S/C21H27N5O2/c1-14(2)25-18-9-8-16(11-17(18)15(3)12-21(25,4)5)13-23-24-20-19(26(27)28)7-6-10-22-20/h6-11,13-15H,12H2,1-5H3,(H,22,24)/b23-13+. The van der Waals surface area contributed by atoms with Gasteiger partial charge in [-0.25, -0.2) is 4.98 Å². The molecule has 0 saturated heterocycles. The summed E-state index contributed by atoms with van der Waals surface area (Å²) in [5.41, 5.74) is 6.20. The van der Waals surface area contributed by atoms with E-state index < -0.39 is 4.92 Å². The zero-order valence-corrected chi connectivity index (χ0v) is 17.0. The van der Waals surface area contributed by atoms with Crippen molar-refractivity contribution in [1.82, 2.24) is 4.98 Å². The molecule has 2 heterocycles. The average Bonchev–Trinajstić information content (AvgIpc) is 2.61. The van der Waals surface area contributed by atoms with Crippen LogP contribution < -0.4 is 10.3 Å². The van der Waals surface area contributed by atoms with Crippen molar-refractivity contribution in [2.24, 2.45) is 5.10 Å². The molecule has 0 fully saturated rings. The van der Waals surface area contributed by atoms with Gasteiger partial charge in [0.15, 0.2) is 0 Å². The Morgan fingerprint density at radius 1 is 1.39 bits per heavy atom. The van der Waals surface area contributed by atoms with Gasteiger partial charge in [0.25, 0.3) is 0 Å². The van der Waals surface area contributed by atoms with E-state index in [9.17, 15) is 10.1 Å². The van der Waals surface area contributed by atoms with E-state index in [0.717, 1.165) is 12.0 Å². The summed E-state index contributed by atoms with van der Waals surface area (Å²) in [4.78, 5) is 17.1. The number of nitrogens with one attached hydrogen (secondary N) is 1. The average molecular weight is 381 g/mol. The number of anilines is 2. The smallest absolute Gasteiger partial charge is 0.313 e. The fraction of sp³-hybridized carbons (Fsp3) is 0.429. The highest BCUT2D eigenvalue weighted by Crippen LogP contribution is 2.44. The van der Waals surface area contributed by atoms with E-state index in [1.807, 2.05) is 6.07 Å². The first-order valence-corrected chi connectivity index (χ1v) is 9.52. The van der Waals surface area contributed by atoms with Crippen molar-refractivity contribution in [2.45, 2.75) is 58.5 Å². The minimum Gasteiger partial charge on any atom is -0.364 e. The number of nitrogens with zero attached hydrogens (tertiary/aromatic N) is 4. The number of hydrogen-bond donors (Lipinski definition) is 1. The van der Waals surface area contributed by atoms with Gasteiger partial charge in [-0.2, -0.15) is 5.10 Å². The van der Waals surface area contributed by atoms with Crippen molar-refractivity contribution in [1.29, 1.82) is 0 Å². The van der Waals surface area contributed by atoms with E-state index >= 15 is 0 Å². The van der Waals surface area contributed by atoms with Crippen LogP contribution in [0.5, 0.6) is 0 Å².